The van der Waals surface area contributed by atoms with Crippen molar-refractivity contribution in [3.8, 4) is 0 Å². The summed E-state index contributed by atoms with van der Waals surface area (Å²) in [6, 6.07) is 7.76. The summed E-state index contributed by atoms with van der Waals surface area (Å²) < 4.78 is 19.0. The van der Waals surface area contributed by atoms with Crippen LogP contribution in [0.3, 0.4) is 0 Å². The van der Waals surface area contributed by atoms with Gasteiger partial charge in [-0.2, -0.15) is 0 Å². The average Bonchev–Trinajstić information content (AvgIpc) is 2.83. The maximum absolute atomic E-state index is 13.3. The van der Waals surface area contributed by atoms with Gasteiger partial charge in [0.05, 0.1) is 6.61 Å². The molecule has 0 radical (unpaired) electrons. The molecule has 2 nitrogen and oxygen atoms in total. The molecule has 2 fully saturated rings. The minimum atomic E-state index is -0.157. The molecule has 1 aromatic carbocycles. The molecule has 1 heterocycles. The van der Waals surface area contributed by atoms with Crippen molar-refractivity contribution >= 4 is 0 Å². The maximum Gasteiger partial charge on any atom is 0.123 e. The molecule has 1 aliphatic carbocycles. The van der Waals surface area contributed by atoms with E-state index in [1.165, 1.54) is 44.1 Å². The Hall–Kier alpha value is -0.930. The second-order valence-corrected chi connectivity index (χ2v) is 7.15. The van der Waals surface area contributed by atoms with Crippen LogP contribution in [0.5, 0.6) is 0 Å². The second kappa shape index (κ2) is 7.10. The smallest absolute Gasteiger partial charge is 0.123 e. The van der Waals surface area contributed by atoms with Gasteiger partial charge in [-0.3, -0.25) is 0 Å². The van der Waals surface area contributed by atoms with Crippen LogP contribution in [0.1, 0.15) is 50.5 Å². The lowest BCUT2D eigenvalue weighted by Crippen LogP contribution is -2.44. The van der Waals surface area contributed by atoms with Crippen LogP contribution < -0.4 is 0 Å². The first-order valence-electron chi connectivity index (χ1n) is 8.74. The van der Waals surface area contributed by atoms with Crippen molar-refractivity contribution in [2.24, 2.45) is 0 Å². The highest BCUT2D eigenvalue weighted by molar-refractivity contribution is 5.28. The van der Waals surface area contributed by atoms with Crippen molar-refractivity contribution < 1.29 is 9.13 Å². The lowest BCUT2D eigenvalue weighted by molar-refractivity contribution is 0.137. The van der Waals surface area contributed by atoms with Crippen molar-refractivity contribution in [1.82, 2.24) is 4.90 Å². The average molecular weight is 305 g/mol. The summed E-state index contributed by atoms with van der Waals surface area (Å²) in [5, 5.41) is 0. The van der Waals surface area contributed by atoms with Gasteiger partial charge in [0.1, 0.15) is 5.82 Å². The van der Waals surface area contributed by atoms with Gasteiger partial charge in [-0.1, -0.05) is 37.8 Å². The van der Waals surface area contributed by atoms with Crippen LogP contribution in [0.25, 0.3) is 0 Å². The van der Waals surface area contributed by atoms with Gasteiger partial charge >= 0.3 is 0 Å². The fraction of sp³-hybridized carbons (Fsp3) is 0.684. The van der Waals surface area contributed by atoms with Gasteiger partial charge in [-0.05, 0) is 44.0 Å². The van der Waals surface area contributed by atoms with Crippen molar-refractivity contribution in [2.75, 3.05) is 26.8 Å². The van der Waals surface area contributed by atoms with Crippen LogP contribution in [0.15, 0.2) is 24.3 Å². The summed E-state index contributed by atoms with van der Waals surface area (Å²) in [7, 11) is 2.26. The van der Waals surface area contributed by atoms with E-state index in [1.807, 2.05) is 12.1 Å². The van der Waals surface area contributed by atoms with Crippen LogP contribution in [-0.4, -0.2) is 37.7 Å². The van der Waals surface area contributed by atoms with Crippen LogP contribution in [0.2, 0.25) is 0 Å². The van der Waals surface area contributed by atoms with E-state index in [9.17, 15) is 4.39 Å². The van der Waals surface area contributed by atoms with Gasteiger partial charge < -0.3 is 9.64 Å². The van der Waals surface area contributed by atoms with Crippen molar-refractivity contribution in [3.63, 3.8) is 0 Å². The van der Waals surface area contributed by atoms with E-state index >= 15 is 0 Å². The predicted octanol–water partition coefficient (Wildman–Crippen LogP) is 4.14. The lowest BCUT2D eigenvalue weighted by Gasteiger charge is -2.37. The van der Waals surface area contributed by atoms with E-state index in [0.717, 1.165) is 26.2 Å². The van der Waals surface area contributed by atoms with Crippen LogP contribution in [0.4, 0.5) is 4.39 Å². The lowest BCUT2D eigenvalue weighted by atomic mass is 9.79. The Morgan fingerprint density at radius 2 is 1.82 bits per heavy atom. The van der Waals surface area contributed by atoms with Crippen molar-refractivity contribution in [3.05, 3.63) is 35.6 Å². The standard InChI is InChI=1S/C19H28FNO/c1-21(18-6-4-2-3-5-7-18)14-19(12-13-22-15-19)16-8-10-17(20)11-9-16/h8-11,18H,2-7,12-15H2,1H3/t19-/m1/s1. The Bertz CT molecular complexity index is 459. The Balaban J connectivity index is 1.74. The molecule has 2 aliphatic rings. The summed E-state index contributed by atoms with van der Waals surface area (Å²) in [6.07, 6.45) is 9.15. The zero-order chi connectivity index (χ0) is 15.4. The Morgan fingerprint density at radius 3 is 2.41 bits per heavy atom. The van der Waals surface area contributed by atoms with Crippen LogP contribution in [-0.2, 0) is 10.2 Å². The third kappa shape index (κ3) is 3.52. The number of rotatable bonds is 4. The number of halogens is 1. The first kappa shape index (κ1) is 15.9. The van der Waals surface area contributed by atoms with Crippen LogP contribution in [0, 0.1) is 5.82 Å². The SMILES string of the molecule is CN(C[C@]1(c2ccc(F)cc2)CCOC1)C1CCCCCC1. The summed E-state index contributed by atoms with van der Waals surface area (Å²) in [4.78, 5) is 2.54. The minimum absolute atomic E-state index is 0.0365. The Labute approximate surface area is 133 Å². The Kier molecular flexibility index (Phi) is 5.14. The number of hydrogen-bond donors (Lipinski definition) is 0. The van der Waals surface area contributed by atoms with E-state index in [4.69, 9.17) is 4.74 Å². The number of nitrogens with zero attached hydrogens (tertiary/aromatic N) is 1. The molecule has 0 N–H and O–H groups in total. The maximum atomic E-state index is 13.3. The highest BCUT2D eigenvalue weighted by Crippen LogP contribution is 2.35. The van der Waals surface area contributed by atoms with E-state index in [1.54, 1.807) is 12.1 Å². The minimum Gasteiger partial charge on any atom is -0.380 e. The van der Waals surface area contributed by atoms with Gasteiger partial charge in [0, 0.05) is 24.6 Å². The molecular formula is C19H28FNO. The monoisotopic (exact) mass is 305 g/mol. The fourth-order valence-electron chi connectivity index (χ4n) is 4.16. The zero-order valence-electron chi connectivity index (χ0n) is 13.7. The predicted molar refractivity (Wildman–Crippen MR) is 87.6 cm³/mol. The molecule has 0 bridgehead atoms. The van der Waals surface area contributed by atoms with Crippen molar-refractivity contribution in [1.29, 1.82) is 0 Å². The first-order chi connectivity index (χ1) is 10.7. The van der Waals surface area contributed by atoms with E-state index in [-0.39, 0.29) is 11.2 Å². The topological polar surface area (TPSA) is 12.5 Å². The molecule has 1 aliphatic heterocycles. The Morgan fingerprint density at radius 1 is 1.14 bits per heavy atom. The van der Waals surface area contributed by atoms with Gasteiger partial charge in [0.15, 0.2) is 0 Å². The van der Waals surface area contributed by atoms with Gasteiger partial charge in [0.25, 0.3) is 0 Å². The molecule has 0 amide bonds. The number of likely N-dealkylation sites (N-methyl/N-ethyl adjacent to an activating group) is 1. The zero-order valence-corrected chi connectivity index (χ0v) is 13.7. The highest BCUT2D eigenvalue weighted by atomic mass is 19.1. The van der Waals surface area contributed by atoms with Crippen LogP contribution >= 0.6 is 0 Å². The number of benzene rings is 1. The molecular weight excluding hydrogens is 277 g/mol. The molecule has 3 heteroatoms. The van der Waals surface area contributed by atoms with E-state index in [2.05, 4.69) is 11.9 Å². The molecule has 0 spiro atoms. The molecule has 1 aromatic rings. The summed E-state index contributed by atoms with van der Waals surface area (Å²) in [5.41, 5.74) is 1.27. The first-order valence-corrected chi connectivity index (χ1v) is 8.74. The summed E-state index contributed by atoms with van der Waals surface area (Å²) in [5.74, 6) is -0.157. The summed E-state index contributed by atoms with van der Waals surface area (Å²) in [6.45, 7) is 2.59. The molecule has 1 saturated carbocycles. The third-order valence-corrected chi connectivity index (χ3v) is 5.56. The van der Waals surface area contributed by atoms with E-state index < -0.39 is 0 Å². The molecule has 122 valence electrons. The molecule has 22 heavy (non-hydrogen) atoms. The van der Waals surface area contributed by atoms with E-state index in [0.29, 0.717) is 6.04 Å². The number of hydrogen-bond acceptors (Lipinski definition) is 2. The van der Waals surface area contributed by atoms with Crippen molar-refractivity contribution in [2.45, 2.75) is 56.4 Å². The third-order valence-electron chi connectivity index (χ3n) is 5.56. The second-order valence-electron chi connectivity index (χ2n) is 7.15. The van der Waals surface area contributed by atoms with Gasteiger partial charge in [-0.15, -0.1) is 0 Å². The largest absolute Gasteiger partial charge is 0.380 e. The fourth-order valence-corrected chi connectivity index (χ4v) is 4.16. The quantitative estimate of drug-likeness (QED) is 0.775. The van der Waals surface area contributed by atoms with Gasteiger partial charge in [-0.25, -0.2) is 4.39 Å². The molecule has 1 atom stereocenters. The number of ether oxygens (including phenoxy) is 1. The highest BCUT2D eigenvalue weighted by Gasteiger charge is 2.38. The molecule has 3 rings (SSSR count). The molecule has 0 unspecified atom stereocenters. The molecule has 0 aromatic heterocycles. The summed E-state index contributed by atoms with van der Waals surface area (Å²) >= 11 is 0. The van der Waals surface area contributed by atoms with Gasteiger partial charge in [0.2, 0.25) is 0 Å². The normalized spacial score (nSPS) is 27.2. The molecule has 1 saturated heterocycles.